The summed E-state index contributed by atoms with van der Waals surface area (Å²) in [4.78, 5) is 24.1. The minimum absolute atomic E-state index is 0.219. The van der Waals surface area contributed by atoms with Crippen molar-refractivity contribution in [2.24, 2.45) is 0 Å². The summed E-state index contributed by atoms with van der Waals surface area (Å²) in [5.41, 5.74) is -1.65. The van der Waals surface area contributed by atoms with Gasteiger partial charge in [0.05, 0.1) is 6.10 Å². The van der Waals surface area contributed by atoms with E-state index in [2.05, 4.69) is 5.32 Å². The zero-order chi connectivity index (χ0) is 16.0. The van der Waals surface area contributed by atoms with E-state index in [0.29, 0.717) is 6.42 Å². The fourth-order valence-corrected chi connectivity index (χ4v) is 1.62. The summed E-state index contributed by atoms with van der Waals surface area (Å²) in [5.74, 6) is -0.424. The second-order valence-corrected chi connectivity index (χ2v) is 6.52. The summed E-state index contributed by atoms with van der Waals surface area (Å²) < 4.78 is 10.4. The molecule has 0 heterocycles. The summed E-state index contributed by atoms with van der Waals surface area (Å²) >= 11 is 0. The van der Waals surface area contributed by atoms with Gasteiger partial charge in [0.2, 0.25) is 0 Å². The molecule has 0 aliphatic heterocycles. The van der Waals surface area contributed by atoms with Gasteiger partial charge in [0, 0.05) is 0 Å². The zero-order valence-corrected chi connectivity index (χ0v) is 13.8. The highest BCUT2D eigenvalue weighted by atomic mass is 16.6. The van der Waals surface area contributed by atoms with Crippen LogP contribution in [0.1, 0.15) is 67.7 Å². The van der Waals surface area contributed by atoms with Gasteiger partial charge in [-0.2, -0.15) is 0 Å². The minimum Gasteiger partial charge on any atom is -0.461 e. The molecule has 1 atom stereocenters. The molecule has 0 aromatic carbocycles. The third-order valence-electron chi connectivity index (χ3n) is 2.60. The van der Waals surface area contributed by atoms with Crippen LogP contribution in [0.3, 0.4) is 0 Å². The fraction of sp³-hybridized carbons (Fsp3) is 0.867. The zero-order valence-electron chi connectivity index (χ0n) is 13.8. The van der Waals surface area contributed by atoms with E-state index in [1.807, 2.05) is 6.92 Å². The first-order chi connectivity index (χ1) is 9.00. The number of ether oxygens (including phenoxy) is 2. The Balaban J connectivity index is 4.85. The van der Waals surface area contributed by atoms with Crippen molar-refractivity contribution >= 4 is 12.1 Å². The van der Waals surface area contributed by atoms with Crippen LogP contribution in [0.15, 0.2) is 0 Å². The molecule has 0 spiro atoms. The number of carbonyl (C=O) groups excluding carboxylic acids is 2. The molecule has 0 saturated carbocycles. The molecule has 0 fully saturated rings. The molecular formula is C15H29NO4. The molecule has 20 heavy (non-hydrogen) atoms. The van der Waals surface area contributed by atoms with E-state index in [1.54, 1.807) is 41.5 Å². The van der Waals surface area contributed by atoms with Crippen molar-refractivity contribution in [3.05, 3.63) is 0 Å². The molecule has 0 aromatic rings. The third kappa shape index (κ3) is 7.36. The number of carbonyl (C=O) groups is 2. The number of alkyl carbamates (subject to hydrolysis) is 1. The molecular weight excluding hydrogens is 258 g/mol. The van der Waals surface area contributed by atoms with Crippen molar-refractivity contribution in [1.29, 1.82) is 0 Å². The quantitative estimate of drug-likeness (QED) is 0.760. The van der Waals surface area contributed by atoms with Crippen molar-refractivity contribution in [2.75, 3.05) is 0 Å². The Morgan fingerprint density at radius 2 is 1.70 bits per heavy atom. The molecule has 1 unspecified atom stereocenters. The maximum atomic E-state index is 12.2. The average molecular weight is 287 g/mol. The van der Waals surface area contributed by atoms with Gasteiger partial charge in [-0.15, -0.1) is 0 Å². The Kier molecular flexibility index (Phi) is 7.03. The van der Waals surface area contributed by atoms with E-state index in [9.17, 15) is 9.59 Å². The maximum Gasteiger partial charge on any atom is 0.408 e. The van der Waals surface area contributed by atoms with Crippen LogP contribution in [0.5, 0.6) is 0 Å². The lowest BCUT2D eigenvalue weighted by Crippen LogP contribution is -2.54. The molecule has 118 valence electrons. The minimum atomic E-state index is -1.05. The van der Waals surface area contributed by atoms with Crippen molar-refractivity contribution in [1.82, 2.24) is 5.32 Å². The average Bonchev–Trinajstić information content (AvgIpc) is 2.22. The Hall–Kier alpha value is -1.26. The Morgan fingerprint density at radius 3 is 2.10 bits per heavy atom. The normalized spacial score (nSPS) is 14.6. The van der Waals surface area contributed by atoms with Crippen LogP contribution in [0.4, 0.5) is 4.79 Å². The number of hydrogen-bond donors (Lipinski definition) is 1. The Bertz CT molecular complexity index is 333. The van der Waals surface area contributed by atoms with Gasteiger partial charge in [-0.3, -0.25) is 0 Å². The molecule has 1 N–H and O–H groups in total. The predicted octanol–water partition coefficient (Wildman–Crippen LogP) is 3.41. The summed E-state index contributed by atoms with van der Waals surface area (Å²) in [7, 11) is 0. The molecule has 0 saturated heterocycles. The summed E-state index contributed by atoms with van der Waals surface area (Å²) in [6.07, 6.45) is 1.45. The molecule has 0 rings (SSSR count). The Morgan fingerprint density at radius 1 is 1.15 bits per heavy atom. The Labute approximate surface area is 122 Å². The summed E-state index contributed by atoms with van der Waals surface area (Å²) in [6, 6.07) is 0. The number of unbranched alkanes of at least 4 members (excludes halogenated alkanes) is 1. The maximum absolute atomic E-state index is 12.2. The first-order valence-electron chi connectivity index (χ1n) is 7.22. The van der Waals surface area contributed by atoms with Crippen molar-refractivity contribution in [3.8, 4) is 0 Å². The molecule has 5 heteroatoms. The number of hydrogen-bond acceptors (Lipinski definition) is 4. The van der Waals surface area contributed by atoms with Gasteiger partial charge in [-0.05, 0) is 48.0 Å². The van der Waals surface area contributed by atoms with Gasteiger partial charge in [0.25, 0.3) is 0 Å². The smallest absolute Gasteiger partial charge is 0.408 e. The van der Waals surface area contributed by atoms with Crippen LogP contribution in [0.25, 0.3) is 0 Å². The van der Waals surface area contributed by atoms with Gasteiger partial charge in [0.1, 0.15) is 11.1 Å². The van der Waals surface area contributed by atoms with E-state index in [1.165, 1.54) is 0 Å². The highest BCUT2D eigenvalue weighted by Crippen LogP contribution is 2.18. The van der Waals surface area contributed by atoms with Crippen LogP contribution < -0.4 is 5.32 Å². The standard InChI is InChI=1S/C15H29NO4/c1-8-9-10-15(7,12(17)19-11(2)3)16-13(18)20-14(4,5)6/h11H,8-10H2,1-7H3,(H,16,18). The molecule has 0 bridgehead atoms. The van der Waals surface area contributed by atoms with Crippen LogP contribution in [-0.2, 0) is 14.3 Å². The SMILES string of the molecule is CCCCC(C)(NC(=O)OC(C)(C)C)C(=O)OC(C)C. The number of nitrogens with one attached hydrogen (secondary N) is 1. The van der Waals surface area contributed by atoms with Crippen molar-refractivity contribution < 1.29 is 19.1 Å². The number of rotatable bonds is 6. The largest absolute Gasteiger partial charge is 0.461 e. The topological polar surface area (TPSA) is 64.6 Å². The van der Waals surface area contributed by atoms with Gasteiger partial charge in [-0.25, -0.2) is 9.59 Å². The van der Waals surface area contributed by atoms with E-state index < -0.39 is 23.2 Å². The molecule has 0 aromatic heterocycles. The van der Waals surface area contributed by atoms with Crippen molar-refractivity contribution in [2.45, 2.75) is 85.0 Å². The molecule has 0 radical (unpaired) electrons. The third-order valence-corrected chi connectivity index (χ3v) is 2.60. The first kappa shape index (κ1) is 18.7. The van der Waals surface area contributed by atoms with Crippen molar-refractivity contribution in [3.63, 3.8) is 0 Å². The van der Waals surface area contributed by atoms with Gasteiger partial charge >= 0.3 is 12.1 Å². The predicted molar refractivity (Wildman–Crippen MR) is 78.5 cm³/mol. The highest BCUT2D eigenvalue weighted by Gasteiger charge is 2.37. The van der Waals surface area contributed by atoms with E-state index in [0.717, 1.165) is 12.8 Å². The van der Waals surface area contributed by atoms with E-state index >= 15 is 0 Å². The lowest BCUT2D eigenvalue weighted by molar-refractivity contribution is -0.155. The highest BCUT2D eigenvalue weighted by molar-refractivity contribution is 5.85. The van der Waals surface area contributed by atoms with Gasteiger partial charge < -0.3 is 14.8 Å². The fourth-order valence-electron chi connectivity index (χ4n) is 1.62. The summed E-state index contributed by atoms with van der Waals surface area (Å²) in [6.45, 7) is 12.6. The van der Waals surface area contributed by atoms with Crippen LogP contribution in [0, 0.1) is 0 Å². The number of amides is 1. The second kappa shape index (κ2) is 7.50. The molecule has 5 nitrogen and oxygen atoms in total. The van der Waals surface area contributed by atoms with Crippen LogP contribution >= 0.6 is 0 Å². The van der Waals surface area contributed by atoms with Crippen LogP contribution in [-0.4, -0.2) is 29.3 Å². The number of esters is 1. The monoisotopic (exact) mass is 287 g/mol. The van der Waals surface area contributed by atoms with Gasteiger partial charge in [0.15, 0.2) is 0 Å². The molecule has 0 aliphatic carbocycles. The first-order valence-corrected chi connectivity index (χ1v) is 7.22. The lowest BCUT2D eigenvalue weighted by Gasteiger charge is -2.30. The van der Waals surface area contributed by atoms with E-state index in [-0.39, 0.29) is 6.10 Å². The lowest BCUT2D eigenvalue weighted by atomic mass is 9.95. The van der Waals surface area contributed by atoms with Gasteiger partial charge in [-0.1, -0.05) is 19.8 Å². The molecule has 0 aliphatic rings. The second-order valence-electron chi connectivity index (χ2n) is 6.52. The molecule has 1 amide bonds. The summed E-state index contributed by atoms with van der Waals surface area (Å²) in [5, 5.41) is 2.65. The van der Waals surface area contributed by atoms with Crippen LogP contribution in [0.2, 0.25) is 0 Å². The van der Waals surface area contributed by atoms with E-state index in [4.69, 9.17) is 9.47 Å².